The van der Waals surface area contributed by atoms with E-state index in [2.05, 4.69) is 15.0 Å². The number of rotatable bonds is 4. The number of nitrogens with two attached hydrogens (primary N) is 1. The Morgan fingerprint density at radius 2 is 2.04 bits per heavy atom. The zero-order valence-electron chi connectivity index (χ0n) is 13.4. The predicted octanol–water partition coefficient (Wildman–Crippen LogP) is -2.06. The number of anilines is 1. The van der Waals surface area contributed by atoms with Crippen LogP contribution in [-0.2, 0) is 14.3 Å². The van der Waals surface area contributed by atoms with Crippen LogP contribution in [0.15, 0.2) is 12.7 Å². The van der Waals surface area contributed by atoms with Crippen molar-refractivity contribution in [3.63, 3.8) is 0 Å². The molecule has 2 aromatic rings. The molecule has 11 nitrogen and oxygen atoms in total. The van der Waals surface area contributed by atoms with Crippen molar-refractivity contribution in [3.8, 4) is 0 Å². The van der Waals surface area contributed by atoms with Crippen molar-refractivity contribution in [2.45, 2.75) is 44.0 Å². The van der Waals surface area contributed by atoms with Crippen LogP contribution < -0.4 is 5.73 Å². The zero-order chi connectivity index (χ0) is 18.5. The Morgan fingerprint density at radius 3 is 2.64 bits per heavy atom. The highest BCUT2D eigenvalue weighted by Gasteiger charge is 2.62. The molecule has 1 aliphatic heterocycles. The van der Waals surface area contributed by atoms with Crippen LogP contribution >= 0.6 is 0 Å². The van der Waals surface area contributed by atoms with Crippen LogP contribution in [0.2, 0.25) is 0 Å². The highest BCUT2D eigenvalue weighted by molar-refractivity contribution is 5.89. The average molecular weight is 351 g/mol. The van der Waals surface area contributed by atoms with Crippen LogP contribution in [-0.4, -0.2) is 70.3 Å². The van der Waals surface area contributed by atoms with Gasteiger partial charge >= 0.3 is 0 Å². The summed E-state index contributed by atoms with van der Waals surface area (Å²) in [7, 11) is 0. The molecule has 25 heavy (non-hydrogen) atoms. The largest absolute Gasteiger partial charge is 0.385 e. The van der Waals surface area contributed by atoms with Crippen LogP contribution in [0.3, 0.4) is 0 Å². The van der Waals surface area contributed by atoms with Crippen LogP contribution in [0.5, 0.6) is 0 Å². The van der Waals surface area contributed by atoms with Crippen LogP contribution in [0.25, 0.3) is 11.2 Å². The molecule has 1 unspecified atom stereocenters. The topological polar surface area (TPSA) is 174 Å². The van der Waals surface area contributed by atoms with Crippen molar-refractivity contribution in [2.75, 3.05) is 5.73 Å². The molecule has 1 saturated heterocycles. The van der Waals surface area contributed by atoms with Gasteiger partial charge < -0.3 is 25.8 Å². The molecule has 0 saturated carbocycles. The second-order valence-corrected chi connectivity index (χ2v) is 5.91. The number of hydrogen-bond acceptors (Lipinski definition) is 10. The van der Waals surface area contributed by atoms with E-state index in [1.807, 2.05) is 0 Å². The van der Waals surface area contributed by atoms with Gasteiger partial charge in [-0.1, -0.05) is 0 Å². The number of imidazole rings is 1. The number of ether oxygens (including phenoxy) is 1. The molecule has 0 aromatic carbocycles. The summed E-state index contributed by atoms with van der Waals surface area (Å²) in [5, 5.41) is 31.3. The summed E-state index contributed by atoms with van der Waals surface area (Å²) in [6, 6.07) is 0. The maximum absolute atomic E-state index is 12.0. The second-order valence-electron chi connectivity index (χ2n) is 5.91. The van der Waals surface area contributed by atoms with E-state index in [9.17, 15) is 24.9 Å². The van der Waals surface area contributed by atoms with E-state index < -0.39 is 41.7 Å². The first-order chi connectivity index (χ1) is 11.7. The van der Waals surface area contributed by atoms with Gasteiger partial charge in [-0.15, -0.1) is 0 Å². The summed E-state index contributed by atoms with van der Waals surface area (Å²) in [6.07, 6.45) is -4.14. The Bertz CT molecular complexity index is 853. The molecule has 134 valence electrons. The number of nitrogens with zero attached hydrogens (tertiary/aromatic N) is 4. The van der Waals surface area contributed by atoms with Crippen molar-refractivity contribution in [1.82, 2.24) is 19.5 Å². The van der Waals surface area contributed by atoms with Gasteiger partial charge in [-0.2, -0.15) is 0 Å². The van der Waals surface area contributed by atoms with Gasteiger partial charge in [0.05, 0.1) is 6.33 Å². The SMILES string of the molecule is CC(=O)C(O)[C@H]1O[C@@H](n2cnc3c(N)ncnc32)[C@H](O)[C@@]1(O)C(C)=O. The number of aromatic nitrogens is 4. The summed E-state index contributed by atoms with van der Waals surface area (Å²) in [5.41, 5.74) is 3.65. The summed E-state index contributed by atoms with van der Waals surface area (Å²) in [5.74, 6) is -1.48. The number of carbonyl (C=O) groups is 2. The minimum atomic E-state index is -2.48. The first kappa shape index (κ1) is 17.4. The molecule has 3 heterocycles. The highest BCUT2D eigenvalue weighted by Crippen LogP contribution is 2.40. The summed E-state index contributed by atoms with van der Waals surface area (Å²) < 4.78 is 6.74. The minimum absolute atomic E-state index is 0.0957. The Labute approximate surface area is 141 Å². The van der Waals surface area contributed by atoms with Gasteiger partial charge in [0.1, 0.15) is 30.2 Å². The first-order valence-electron chi connectivity index (χ1n) is 7.38. The lowest BCUT2D eigenvalue weighted by Crippen LogP contribution is -2.58. The molecule has 0 aliphatic carbocycles. The van der Waals surface area contributed by atoms with E-state index in [1.54, 1.807) is 0 Å². The molecule has 0 amide bonds. The fourth-order valence-electron chi connectivity index (χ4n) is 2.92. The maximum atomic E-state index is 12.0. The van der Waals surface area contributed by atoms with E-state index in [0.29, 0.717) is 0 Å². The van der Waals surface area contributed by atoms with Crippen molar-refractivity contribution in [2.24, 2.45) is 0 Å². The van der Waals surface area contributed by atoms with Gasteiger partial charge in [-0.05, 0) is 13.8 Å². The Balaban J connectivity index is 2.10. The number of ketones is 2. The van der Waals surface area contributed by atoms with Crippen LogP contribution in [0.4, 0.5) is 5.82 Å². The third kappa shape index (κ3) is 2.40. The molecule has 3 rings (SSSR count). The Kier molecular flexibility index (Phi) is 4.03. The van der Waals surface area contributed by atoms with Crippen LogP contribution in [0.1, 0.15) is 20.1 Å². The van der Waals surface area contributed by atoms with Gasteiger partial charge in [0.2, 0.25) is 0 Å². The summed E-state index contributed by atoms with van der Waals surface area (Å²) >= 11 is 0. The molecular formula is C14H17N5O6. The monoisotopic (exact) mass is 351 g/mol. The number of nitrogen functional groups attached to an aromatic ring is 1. The second kappa shape index (κ2) is 5.81. The van der Waals surface area contributed by atoms with Gasteiger partial charge in [0.15, 0.2) is 34.9 Å². The zero-order valence-corrected chi connectivity index (χ0v) is 13.4. The molecule has 5 N–H and O–H groups in total. The van der Waals surface area contributed by atoms with E-state index in [1.165, 1.54) is 17.2 Å². The van der Waals surface area contributed by atoms with Gasteiger partial charge in [0, 0.05) is 0 Å². The fourth-order valence-corrected chi connectivity index (χ4v) is 2.92. The quantitative estimate of drug-likeness (QED) is 0.479. The van der Waals surface area contributed by atoms with E-state index in [4.69, 9.17) is 10.5 Å². The van der Waals surface area contributed by atoms with E-state index in [0.717, 1.165) is 13.8 Å². The highest BCUT2D eigenvalue weighted by atomic mass is 16.6. The molecular weight excluding hydrogens is 334 g/mol. The maximum Gasteiger partial charge on any atom is 0.182 e. The predicted molar refractivity (Wildman–Crippen MR) is 82.0 cm³/mol. The van der Waals surface area contributed by atoms with E-state index >= 15 is 0 Å². The minimum Gasteiger partial charge on any atom is -0.385 e. The fraction of sp³-hybridized carbons (Fsp3) is 0.500. The number of aliphatic hydroxyl groups is 3. The lowest BCUT2D eigenvalue weighted by atomic mass is 9.84. The smallest absolute Gasteiger partial charge is 0.182 e. The van der Waals surface area contributed by atoms with Crippen molar-refractivity contribution < 1.29 is 29.6 Å². The number of Topliss-reactive ketones (excluding diaryl/α,β-unsaturated/α-hetero) is 2. The number of fused-ring (bicyclic) bond motifs is 1. The van der Waals surface area contributed by atoms with Gasteiger partial charge in [0.25, 0.3) is 0 Å². The number of carbonyl (C=O) groups excluding carboxylic acids is 2. The molecule has 1 fully saturated rings. The molecule has 5 atom stereocenters. The van der Waals surface area contributed by atoms with Gasteiger partial charge in [-0.3, -0.25) is 14.2 Å². The molecule has 0 bridgehead atoms. The van der Waals surface area contributed by atoms with E-state index in [-0.39, 0.29) is 17.0 Å². The van der Waals surface area contributed by atoms with Gasteiger partial charge in [-0.25, -0.2) is 15.0 Å². The van der Waals surface area contributed by atoms with Crippen molar-refractivity contribution in [3.05, 3.63) is 12.7 Å². The lowest BCUT2D eigenvalue weighted by molar-refractivity contribution is -0.162. The number of aliphatic hydroxyl groups excluding tert-OH is 2. The normalized spacial score (nSPS) is 30.5. The van der Waals surface area contributed by atoms with Crippen molar-refractivity contribution in [1.29, 1.82) is 0 Å². The lowest BCUT2D eigenvalue weighted by Gasteiger charge is -2.29. The Hall–Kier alpha value is -2.47. The molecule has 1 aliphatic rings. The molecule has 2 aromatic heterocycles. The Morgan fingerprint density at radius 1 is 1.36 bits per heavy atom. The standard InChI is InChI=1S/C14H17N5O6/c1-5(20)8(22)10-14(24,6(2)21)9(23)13(25-10)19-4-18-7-11(15)16-3-17-12(7)19/h3-4,8-10,13,22-24H,1-2H3,(H2,15,16,17)/t8?,9-,10+,13+,14-/m0/s1. The summed E-state index contributed by atoms with van der Waals surface area (Å²) in [6.45, 7) is 2.11. The first-order valence-corrected chi connectivity index (χ1v) is 7.38. The van der Waals surface area contributed by atoms with Crippen LogP contribution in [0, 0.1) is 0 Å². The average Bonchev–Trinajstić information content (AvgIpc) is 3.09. The number of hydrogen-bond donors (Lipinski definition) is 4. The summed E-state index contributed by atoms with van der Waals surface area (Å²) in [4.78, 5) is 35.3. The third-order valence-corrected chi connectivity index (χ3v) is 4.37. The van der Waals surface area contributed by atoms with Crippen molar-refractivity contribution >= 4 is 28.5 Å². The molecule has 11 heteroatoms. The third-order valence-electron chi connectivity index (χ3n) is 4.37. The molecule has 0 radical (unpaired) electrons. The molecule has 0 spiro atoms.